The van der Waals surface area contributed by atoms with Gasteiger partial charge >= 0.3 is 5.97 Å². The summed E-state index contributed by atoms with van der Waals surface area (Å²) in [4.78, 5) is 24.0. The quantitative estimate of drug-likeness (QED) is 0.582. The van der Waals surface area contributed by atoms with Gasteiger partial charge in [0.1, 0.15) is 5.60 Å². The highest BCUT2D eigenvalue weighted by molar-refractivity contribution is 5.92. The maximum absolute atomic E-state index is 12.2. The molecule has 0 amide bonds. The zero-order chi connectivity index (χ0) is 20.4. The van der Waals surface area contributed by atoms with Crippen molar-refractivity contribution in [3.8, 4) is 0 Å². The van der Waals surface area contributed by atoms with Crippen LogP contribution in [0.5, 0.6) is 0 Å². The molecule has 9 atom stereocenters. The molecule has 1 N–H and O–H groups in total. The van der Waals surface area contributed by atoms with Crippen molar-refractivity contribution in [1.29, 1.82) is 0 Å². The SMILES string of the molecule is COC(=O)CC[C@]1(O)CC[C@H]2[C@@H]3[C@H]4C[C@H]4C4=CC(=O)CC[C@]4(C)[C@]34OC4C[C@]21C. The second-order valence-corrected chi connectivity index (χ2v) is 11.2. The van der Waals surface area contributed by atoms with E-state index in [0.29, 0.717) is 36.5 Å². The van der Waals surface area contributed by atoms with Gasteiger partial charge in [-0.1, -0.05) is 19.4 Å². The number of ether oxygens (including phenoxy) is 2. The molecule has 1 heterocycles. The van der Waals surface area contributed by atoms with E-state index in [2.05, 4.69) is 13.8 Å². The molecule has 1 spiro atoms. The van der Waals surface area contributed by atoms with E-state index >= 15 is 0 Å². The lowest BCUT2D eigenvalue weighted by Crippen LogP contribution is -2.60. The van der Waals surface area contributed by atoms with E-state index in [1.165, 1.54) is 19.1 Å². The maximum atomic E-state index is 12.2. The molecule has 0 bridgehead atoms. The van der Waals surface area contributed by atoms with Crippen LogP contribution in [0.1, 0.15) is 65.2 Å². The molecular weight excluding hydrogens is 368 g/mol. The minimum atomic E-state index is -0.825. The zero-order valence-electron chi connectivity index (χ0n) is 17.7. The van der Waals surface area contributed by atoms with Crippen molar-refractivity contribution in [2.45, 2.75) is 82.5 Å². The van der Waals surface area contributed by atoms with Gasteiger partial charge < -0.3 is 14.6 Å². The Bertz CT molecular complexity index is 848. The number of carbonyl (C=O) groups is 2. The van der Waals surface area contributed by atoms with Gasteiger partial charge in [0.15, 0.2) is 5.78 Å². The van der Waals surface area contributed by atoms with Gasteiger partial charge in [0.05, 0.1) is 18.8 Å². The molecule has 0 radical (unpaired) electrons. The molecule has 4 saturated carbocycles. The zero-order valence-corrected chi connectivity index (χ0v) is 17.7. The number of rotatable bonds is 3. The number of epoxide rings is 1. The predicted octanol–water partition coefficient (Wildman–Crippen LogP) is 3.19. The monoisotopic (exact) mass is 400 g/mol. The molecule has 6 aliphatic rings. The van der Waals surface area contributed by atoms with Gasteiger partial charge in [-0.15, -0.1) is 0 Å². The number of carbonyl (C=O) groups excluding carboxylic acids is 2. The van der Waals surface area contributed by atoms with Crippen molar-refractivity contribution >= 4 is 11.8 Å². The van der Waals surface area contributed by atoms with Gasteiger partial charge in [-0.3, -0.25) is 9.59 Å². The van der Waals surface area contributed by atoms with E-state index in [9.17, 15) is 14.7 Å². The summed E-state index contributed by atoms with van der Waals surface area (Å²) >= 11 is 0. The topological polar surface area (TPSA) is 76.1 Å². The third kappa shape index (κ3) is 2.00. The number of methoxy groups -OCH3 is 1. The summed E-state index contributed by atoms with van der Waals surface area (Å²) < 4.78 is 11.5. The van der Waals surface area contributed by atoms with Crippen LogP contribution >= 0.6 is 0 Å². The average molecular weight is 401 g/mol. The van der Waals surface area contributed by atoms with Gasteiger partial charge in [-0.25, -0.2) is 0 Å². The van der Waals surface area contributed by atoms with E-state index in [4.69, 9.17) is 9.47 Å². The third-order valence-corrected chi connectivity index (χ3v) is 10.4. The van der Waals surface area contributed by atoms with Crippen LogP contribution < -0.4 is 0 Å². The molecule has 0 aromatic carbocycles. The van der Waals surface area contributed by atoms with Crippen LogP contribution in [0.4, 0.5) is 0 Å². The Hall–Kier alpha value is -1.20. The summed E-state index contributed by atoms with van der Waals surface area (Å²) in [6, 6.07) is 0. The molecular formula is C24H32O5. The van der Waals surface area contributed by atoms with Crippen LogP contribution in [-0.4, -0.2) is 41.3 Å². The molecule has 5 fully saturated rings. The van der Waals surface area contributed by atoms with E-state index < -0.39 is 5.60 Å². The van der Waals surface area contributed by atoms with Crippen LogP contribution in [-0.2, 0) is 19.1 Å². The summed E-state index contributed by atoms with van der Waals surface area (Å²) in [5.41, 5.74) is 0.177. The molecule has 29 heavy (non-hydrogen) atoms. The first kappa shape index (κ1) is 18.6. The van der Waals surface area contributed by atoms with E-state index in [-0.39, 0.29) is 40.7 Å². The first-order valence-corrected chi connectivity index (χ1v) is 11.4. The molecule has 0 aromatic rings. The molecule has 158 valence electrons. The minimum absolute atomic E-state index is 0.0258. The molecule has 1 aliphatic heterocycles. The standard InChI is InChI=1S/C24H32O5/c1-21-7-4-13(25)10-17(21)14-11-15(14)20-16-5-8-23(27,9-6-19(26)28-3)22(16,2)12-18-24(20,21)29-18/h10,14-16,18,20,27H,4-9,11-12H2,1-3H3/t14-,15+,16+,18?,20+,21+,22-,23-,24-/m1/s1. The van der Waals surface area contributed by atoms with Gasteiger partial charge in [-0.05, 0) is 68.3 Å². The number of ketones is 1. The summed E-state index contributed by atoms with van der Waals surface area (Å²) in [5, 5.41) is 11.7. The van der Waals surface area contributed by atoms with Gasteiger partial charge in [0.2, 0.25) is 0 Å². The highest BCUT2D eigenvalue weighted by Gasteiger charge is 2.84. The predicted molar refractivity (Wildman–Crippen MR) is 105 cm³/mol. The molecule has 5 aliphatic carbocycles. The second kappa shape index (κ2) is 5.34. The van der Waals surface area contributed by atoms with Gasteiger partial charge in [0, 0.05) is 23.7 Å². The average Bonchev–Trinajstić information content (AvgIpc) is 3.58. The molecule has 5 nitrogen and oxygen atoms in total. The Morgan fingerprint density at radius 3 is 2.90 bits per heavy atom. The fourth-order valence-electron chi connectivity index (χ4n) is 8.75. The Kier molecular flexibility index (Phi) is 3.42. The van der Waals surface area contributed by atoms with Crippen molar-refractivity contribution < 1.29 is 24.2 Å². The Morgan fingerprint density at radius 2 is 2.14 bits per heavy atom. The number of aliphatic hydroxyl groups is 1. The molecule has 5 heteroatoms. The van der Waals surface area contributed by atoms with E-state index in [1.807, 2.05) is 6.08 Å². The van der Waals surface area contributed by atoms with Crippen LogP contribution in [0.15, 0.2) is 11.6 Å². The van der Waals surface area contributed by atoms with E-state index in [1.54, 1.807) is 0 Å². The highest BCUT2D eigenvalue weighted by atomic mass is 16.6. The smallest absolute Gasteiger partial charge is 0.305 e. The molecule has 6 rings (SSSR count). The van der Waals surface area contributed by atoms with Crippen LogP contribution in [0.2, 0.25) is 0 Å². The number of fused-ring (bicyclic) bond motifs is 6. The van der Waals surface area contributed by atoms with Crippen LogP contribution in [0.25, 0.3) is 0 Å². The fraction of sp³-hybridized carbons (Fsp3) is 0.833. The molecule has 0 aromatic heterocycles. The summed E-state index contributed by atoms with van der Waals surface area (Å²) in [7, 11) is 1.41. The van der Waals surface area contributed by atoms with Crippen LogP contribution in [0.3, 0.4) is 0 Å². The third-order valence-electron chi connectivity index (χ3n) is 10.4. The van der Waals surface area contributed by atoms with Crippen molar-refractivity contribution in [1.82, 2.24) is 0 Å². The largest absolute Gasteiger partial charge is 0.469 e. The van der Waals surface area contributed by atoms with Crippen LogP contribution in [0, 0.1) is 34.5 Å². The Labute approximate surface area is 172 Å². The highest BCUT2D eigenvalue weighted by Crippen LogP contribution is 2.82. The first-order valence-electron chi connectivity index (χ1n) is 11.4. The number of hydrogen-bond donors (Lipinski definition) is 1. The number of hydrogen-bond acceptors (Lipinski definition) is 5. The molecule has 1 unspecified atom stereocenters. The lowest BCUT2D eigenvalue weighted by Gasteiger charge is -2.56. The summed E-state index contributed by atoms with van der Waals surface area (Å²) in [6.45, 7) is 4.61. The lowest BCUT2D eigenvalue weighted by molar-refractivity contribution is -0.147. The minimum Gasteiger partial charge on any atom is -0.469 e. The fourth-order valence-corrected chi connectivity index (χ4v) is 8.75. The summed E-state index contributed by atoms with van der Waals surface area (Å²) in [6.07, 6.45) is 8.22. The Morgan fingerprint density at radius 1 is 1.34 bits per heavy atom. The Balaban J connectivity index is 1.37. The van der Waals surface area contributed by atoms with Crippen molar-refractivity contribution in [3.63, 3.8) is 0 Å². The van der Waals surface area contributed by atoms with Gasteiger partial charge in [0.25, 0.3) is 0 Å². The first-order chi connectivity index (χ1) is 13.7. The van der Waals surface area contributed by atoms with E-state index in [0.717, 1.165) is 25.7 Å². The van der Waals surface area contributed by atoms with Crippen molar-refractivity contribution in [2.75, 3.05) is 7.11 Å². The van der Waals surface area contributed by atoms with Crippen molar-refractivity contribution in [3.05, 3.63) is 11.6 Å². The molecule has 1 saturated heterocycles. The summed E-state index contributed by atoms with van der Waals surface area (Å²) in [5.74, 6) is 2.07. The van der Waals surface area contributed by atoms with Gasteiger partial charge in [-0.2, -0.15) is 0 Å². The number of esters is 1. The second-order valence-electron chi connectivity index (χ2n) is 11.2. The normalized spacial score (nSPS) is 56.2. The maximum Gasteiger partial charge on any atom is 0.305 e. The lowest BCUT2D eigenvalue weighted by atomic mass is 9.46. The van der Waals surface area contributed by atoms with Crippen molar-refractivity contribution in [2.24, 2.45) is 34.5 Å².